The Morgan fingerprint density at radius 2 is 1.96 bits per heavy atom. The van der Waals surface area contributed by atoms with E-state index in [4.69, 9.17) is 4.74 Å². The van der Waals surface area contributed by atoms with Crippen molar-refractivity contribution >= 4 is 5.57 Å². The van der Waals surface area contributed by atoms with Gasteiger partial charge in [0.25, 0.3) is 0 Å². The number of unbranched alkanes of at least 4 members (excludes halogenated alkanes) is 2. The molecule has 0 radical (unpaired) electrons. The Kier molecular flexibility index (Phi) is 5.38. The van der Waals surface area contributed by atoms with Gasteiger partial charge in [-0.15, -0.1) is 0 Å². The maximum absolute atomic E-state index is 11.1. The van der Waals surface area contributed by atoms with Gasteiger partial charge in [0.2, 0.25) is 0 Å². The molecule has 138 valence electrons. The quantitative estimate of drug-likeness (QED) is 0.481. The fraction of sp³-hybridized carbons (Fsp3) is 0.391. The minimum Gasteiger partial charge on any atom is -0.507 e. The Balaban J connectivity index is 2.16. The number of hydrogen-bond acceptors (Lipinski definition) is 3. The first-order valence-corrected chi connectivity index (χ1v) is 9.40. The van der Waals surface area contributed by atoms with Crippen LogP contribution in [0.5, 0.6) is 11.5 Å². The lowest BCUT2D eigenvalue weighted by molar-refractivity contribution is 0.396. The molecule has 1 heterocycles. The number of benzene rings is 2. The van der Waals surface area contributed by atoms with E-state index in [0.29, 0.717) is 12.2 Å². The molecule has 0 amide bonds. The summed E-state index contributed by atoms with van der Waals surface area (Å²) in [5, 5.41) is 21.9. The van der Waals surface area contributed by atoms with Gasteiger partial charge in [-0.3, -0.25) is 0 Å². The maximum atomic E-state index is 11.1. The van der Waals surface area contributed by atoms with Crippen LogP contribution in [0.1, 0.15) is 61.5 Å². The van der Waals surface area contributed by atoms with Gasteiger partial charge >= 0.3 is 0 Å². The molecule has 1 aliphatic rings. The molecule has 1 fully saturated rings. The smallest absolute Gasteiger partial charge is 0.133 e. The van der Waals surface area contributed by atoms with Crippen LogP contribution in [0.3, 0.4) is 0 Å². The van der Waals surface area contributed by atoms with Crippen molar-refractivity contribution in [2.75, 3.05) is 6.61 Å². The van der Waals surface area contributed by atoms with E-state index in [2.05, 4.69) is 13.5 Å². The molecule has 1 saturated heterocycles. The zero-order chi connectivity index (χ0) is 18.8. The highest BCUT2D eigenvalue weighted by molar-refractivity contribution is 5.87. The summed E-state index contributed by atoms with van der Waals surface area (Å²) >= 11 is 0. The second-order valence-electron chi connectivity index (χ2n) is 7.30. The van der Waals surface area contributed by atoms with E-state index in [-0.39, 0.29) is 17.6 Å². The van der Waals surface area contributed by atoms with Crippen molar-refractivity contribution in [2.45, 2.75) is 52.6 Å². The SMILES string of the molecule is C=C(C)c1ccc(C)cc1-c1c(O)cc(CCCCC)c(C2CO2)c1O. The van der Waals surface area contributed by atoms with Gasteiger partial charge < -0.3 is 14.9 Å². The summed E-state index contributed by atoms with van der Waals surface area (Å²) in [6, 6.07) is 7.82. The summed E-state index contributed by atoms with van der Waals surface area (Å²) in [6.07, 6.45) is 4.08. The van der Waals surface area contributed by atoms with Crippen molar-refractivity contribution < 1.29 is 14.9 Å². The van der Waals surface area contributed by atoms with E-state index < -0.39 is 0 Å². The van der Waals surface area contributed by atoms with Crippen LogP contribution >= 0.6 is 0 Å². The number of aromatic hydroxyl groups is 2. The lowest BCUT2D eigenvalue weighted by Crippen LogP contribution is -1.98. The summed E-state index contributed by atoms with van der Waals surface area (Å²) in [5.41, 5.74) is 6.02. The minimum atomic E-state index is -0.0657. The second-order valence-corrected chi connectivity index (χ2v) is 7.30. The number of epoxide rings is 1. The average Bonchev–Trinajstić information content (AvgIpc) is 3.39. The zero-order valence-electron chi connectivity index (χ0n) is 15.9. The highest BCUT2D eigenvalue weighted by Crippen LogP contribution is 2.49. The molecule has 0 aliphatic carbocycles. The van der Waals surface area contributed by atoms with Crippen molar-refractivity contribution in [1.29, 1.82) is 0 Å². The fourth-order valence-corrected chi connectivity index (χ4v) is 3.57. The monoisotopic (exact) mass is 352 g/mol. The maximum Gasteiger partial charge on any atom is 0.133 e. The Labute approximate surface area is 156 Å². The minimum absolute atomic E-state index is 0.0657. The fourth-order valence-electron chi connectivity index (χ4n) is 3.57. The lowest BCUT2D eigenvalue weighted by atomic mass is 9.88. The van der Waals surface area contributed by atoms with Crippen LogP contribution in [0, 0.1) is 6.92 Å². The van der Waals surface area contributed by atoms with Crippen LogP contribution < -0.4 is 0 Å². The van der Waals surface area contributed by atoms with Gasteiger partial charge in [0, 0.05) is 5.56 Å². The van der Waals surface area contributed by atoms with E-state index in [9.17, 15) is 10.2 Å². The lowest BCUT2D eigenvalue weighted by Gasteiger charge is -2.18. The van der Waals surface area contributed by atoms with Gasteiger partial charge in [-0.2, -0.15) is 0 Å². The van der Waals surface area contributed by atoms with E-state index in [1.165, 1.54) is 0 Å². The van der Waals surface area contributed by atoms with Gasteiger partial charge in [0.1, 0.15) is 17.6 Å². The molecule has 0 bridgehead atoms. The Morgan fingerprint density at radius 1 is 1.23 bits per heavy atom. The molecule has 2 aromatic rings. The standard InChI is InChI=1S/C23H28O3/c1-5-6-7-8-16-12-19(24)22(23(25)21(16)20-13-26-20)18-11-15(4)9-10-17(18)14(2)3/h9-12,20,24-25H,2,5-8,13H2,1,3-4H3. The molecule has 0 aromatic heterocycles. The molecular weight excluding hydrogens is 324 g/mol. The summed E-state index contributed by atoms with van der Waals surface area (Å²) in [6.45, 7) is 10.8. The molecule has 2 aromatic carbocycles. The van der Waals surface area contributed by atoms with Crippen molar-refractivity contribution in [3.05, 3.63) is 53.1 Å². The van der Waals surface area contributed by atoms with E-state index in [0.717, 1.165) is 59.1 Å². The Hall–Kier alpha value is -2.26. The van der Waals surface area contributed by atoms with Crippen LogP contribution in [0.25, 0.3) is 16.7 Å². The molecule has 3 rings (SSSR count). The molecule has 1 unspecified atom stereocenters. The van der Waals surface area contributed by atoms with Crippen LogP contribution in [-0.2, 0) is 11.2 Å². The van der Waals surface area contributed by atoms with E-state index in [1.807, 2.05) is 38.1 Å². The number of ether oxygens (including phenoxy) is 1. The number of rotatable bonds is 7. The molecule has 1 atom stereocenters. The first-order chi connectivity index (χ1) is 12.4. The van der Waals surface area contributed by atoms with E-state index >= 15 is 0 Å². The average molecular weight is 352 g/mol. The molecule has 0 saturated carbocycles. The first-order valence-electron chi connectivity index (χ1n) is 9.40. The predicted octanol–water partition coefficient (Wildman–Crippen LogP) is 5.91. The first kappa shape index (κ1) is 18.5. The van der Waals surface area contributed by atoms with Crippen LogP contribution in [-0.4, -0.2) is 16.8 Å². The third-order valence-electron chi connectivity index (χ3n) is 5.01. The molecule has 3 nitrogen and oxygen atoms in total. The molecule has 0 spiro atoms. The van der Waals surface area contributed by atoms with Crippen molar-refractivity contribution in [3.63, 3.8) is 0 Å². The zero-order valence-corrected chi connectivity index (χ0v) is 15.9. The van der Waals surface area contributed by atoms with Crippen LogP contribution in [0.15, 0.2) is 30.8 Å². The van der Waals surface area contributed by atoms with Crippen LogP contribution in [0.2, 0.25) is 0 Å². The van der Waals surface area contributed by atoms with Gasteiger partial charge in [-0.1, -0.05) is 55.7 Å². The summed E-state index contributed by atoms with van der Waals surface area (Å²) in [5.74, 6) is 0.263. The summed E-state index contributed by atoms with van der Waals surface area (Å²) < 4.78 is 5.50. The Morgan fingerprint density at radius 3 is 2.58 bits per heavy atom. The summed E-state index contributed by atoms with van der Waals surface area (Å²) in [4.78, 5) is 0. The molecule has 2 N–H and O–H groups in total. The molecular formula is C23H28O3. The summed E-state index contributed by atoms with van der Waals surface area (Å²) in [7, 11) is 0. The third kappa shape index (κ3) is 3.63. The van der Waals surface area contributed by atoms with Crippen molar-refractivity contribution in [1.82, 2.24) is 0 Å². The number of phenols is 2. The number of hydrogen-bond donors (Lipinski definition) is 2. The molecule has 26 heavy (non-hydrogen) atoms. The highest BCUT2D eigenvalue weighted by Gasteiger charge is 2.33. The molecule has 1 aliphatic heterocycles. The highest BCUT2D eigenvalue weighted by atomic mass is 16.6. The van der Waals surface area contributed by atoms with Crippen molar-refractivity contribution in [3.8, 4) is 22.6 Å². The largest absolute Gasteiger partial charge is 0.507 e. The van der Waals surface area contributed by atoms with Crippen LogP contribution in [0.4, 0.5) is 0 Å². The number of aryl methyl sites for hydroxylation is 2. The second kappa shape index (κ2) is 7.55. The molecule has 3 heteroatoms. The van der Waals surface area contributed by atoms with E-state index in [1.54, 1.807) is 0 Å². The van der Waals surface area contributed by atoms with Gasteiger partial charge in [0.15, 0.2) is 0 Å². The predicted molar refractivity (Wildman–Crippen MR) is 107 cm³/mol. The number of phenolic OH excluding ortho intramolecular Hbond substituents is 2. The van der Waals surface area contributed by atoms with Crippen molar-refractivity contribution in [2.24, 2.45) is 0 Å². The Bertz CT molecular complexity index is 832. The number of allylic oxidation sites excluding steroid dienone is 1. The van der Waals surface area contributed by atoms with Gasteiger partial charge in [0.05, 0.1) is 12.2 Å². The van der Waals surface area contributed by atoms with Gasteiger partial charge in [-0.05, 0) is 49.4 Å². The topological polar surface area (TPSA) is 53.0 Å². The van der Waals surface area contributed by atoms with Gasteiger partial charge in [-0.25, -0.2) is 0 Å². The third-order valence-corrected chi connectivity index (χ3v) is 5.01. The normalized spacial score (nSPS) is 15.9.